The van der Waals surface area contributed by atoms with Crippen molar-refractivity contribution in [2.75, 3.05) is 0 Å². The smallest absolute Gasteiger partial charge is 0.359 e. The predicted molar refractivity (Wildman–Crippen MR) is 94.8 cm³/mol. The molecule has 6 nitrogen and oxygen atoms in total. The number of hydrogen-bond donors (Lipinski definition) is 0. The summed E-state index contributed by atoms with van der Waals surface area (Å²) in [6.07, 6.45) is 0. The van der Waals surface area contributed by atoms with Gasteiger partial charge in [-0.25, -0.2) is 16.8 Å². The maximum atomic E-state index is 12.9. The summed E-state index contributed by atoms with van der Waals surface area (Å²) >= 11 is 0. The van der Waals surface area contributed by atoms with Crippen molar-refractivity contribution >= 4 is 24.1 Å². The van der Waals surface area contributed by atoms with Crippen LogP contribution >= 0.6 is 0 Å². The highest BCUT2D eigenvalue weighted by molar-refractivity contribution is 8.31. The molecule has 8 heteroatoms. The van der Waals surface area contributed by atoms with E-state index in [0.29, 0.717) is 22.3 Å². The Morgan fingerprint density at radius 2 is 1.12 bits per heavy atom. The van der Waals surface area contributed by atoms with Crippen LogP contribution in [0.15, 0.2) is 46.2 Å². The molecule has 0 aliphatic heterocycles. The molecule has 0 aromatic heterocycles. The molecule has 0 heterocycles. The monoisotopic (exact) mass is 378 g/mol. The molecule has 0 fully saturated rings. The van der Waals surface area contributed by atoms with Crippen LogP contribution in [0.1, 0.15) is 22.3 Å². The zero-order valence-corrected chi connectivity index (χ0v) is 15.9. The topological polar surface area (TPSA) is 105 Å². The Hall–Kier alpha value is -2.28. The van der Waals surface area contributed by atoms with Crippen LogP contribution in [0.2, 0.25) is 0 Å². The van der Waals surface area contributed by atoms with Crippen molar-refractivity contribution in [1.29, 1.82) is 0 Å². The summed E-state index contributed by atoms with van der Waals surface area (Å²) < 4.78 is 50.3. The normalized spacial score (nSPS) is 11.8. The van der Waals surface area contributed by atoms with Gasteiger partial charge < -0.3 is 5.53 Å². The standard InChI is InChI=1S/C17H18N2O4S2/c1-11-5-7-13(3)15(9-11)24(20,21)17(19-18)25(22,23)16-10-12(2)6-8-14(16)4/h5-10H,1-4H3. The Bertz CT molecular complexity index is 1030. The lowest BCUT2D eigenvalue weighted by Crippen LogP contribution is -2.27. The van der Waals surface area contributed by atoms with Crippen molar-refractivity contribution in [2.24, 2.45) is 0 Å². The fraction of sp³-hybridized carbons (Fsp3) is 0.235. The van der Waals surface area contributed by atoms with Crippen molar-refractivity contribution in [3.05, 3.63) is 64.2 Å². The van der Waals surface area contributed by atoms with Crippen LogP contribution in [0.4, 0.5) is 0 Å². The molecule has 0 aliphatic rings. The van der Waals surface area contributed by atoms with Gasteiger partial charge in [-0.15, -0.1) is 4.79 Å². The summed E-state index contributed by atoms with van der Waals surface area (Å²) in [6.45, 7) is 6.47. The van der Waals surface area contributed by atoms with Crippen LogP contribution < -0.4 is 0 Å². The fourth-order valence-corrected chi connectivity index (χ4v) is 6.38. The summed E-state index contributed by atoms with van der Waals surface area (Å²) in [5, 5.41) is 0. The second-order valence-electron chi connectivity index (χ2n) is 5.91. The third-order valence-electron chi connectivity index (χ3n) is 3.81. The minimum atomic E-state index is -4.53. The van der Waals surface area contributed by atoms with Gasteiger partial charge in [-0.3, -0.25) is 0 Å². The van der Waals surface area contributed by atoms with Gasteiger partial charge in [-0.1, -0.05) is 24.3 Å². The van der Waals surface area contributed by atoms with E-state index in [1.54, 1.807) is 52.0 Å². The number of rotatable bonds is 2. The zero-order valence-electron chi connectivity index (χ0n) is 14.3. The first-order valence-electron chi connectivity index (χ1n) is 7.38. The number of benzene rings is 2. The second kappa shape index (κ2) is 6.55. The maximum Gasteiger partial charge on any atom is 0.504 e. The minimum Gasteiger partial charge on any atom is -0.359 e. The third-order valence-corrected chi connectivity index (χ3v) is 8.24. The summed E-state index contributed by atoms with van der Waals surface area (Å²) in [5.74, 6) is 0. The summed E-state index contributed by atoms with van der Waals surface area (Å²) in [7, 11) is -9.06. The van der Waals surface area contributed by atoms with Gasteiger partial charge in [-0.2, -0.15) is 0 Å². The van der Waals surface area contributed by atoms with E-state index in [4.69, 9.17) is 0 Å². The SMILES string of the molecule is Cc1ccc(C)c(S(=O)(=O)C(=[N+]=[N-])S(=O)(=O)c2cc(C)ccc2C)c1. The van der Waals surface area contributed by atoms with Crippen LogP contribution in [0.5, 0.6) is 0 Å². The minimum absolute atomic E-state index is 0.200. The third kappa shape index (κ3) is 3.42. The molecule has 132 valence electrons. The fourth-order valence-electron chi connectivity index (χ4n) is 2.43. The average molecular weight is 378 g/mol. The molecule has 0 unspecified atom stereocenters. The van der Waals surface area contributed by atoms with E-state index in [0.717, 1.165) is 0 Å². The molecule has 2 aromatic rings. The predicted octanol–water partition coefficient (Wildman–Crippen LogP) is 2.75. The molecule has 0 spiro atoms. The highest BCUT2D eigenvalue weighted by atomic mass is 32.3. The van der Waals surface area contributed by atoms with Crippen molar-refractivity contribution in [3.8, 4) is 0 Å². The van der Waals surface area contributed by atoms with Gasteiger partial charge in [0.1, 0.15) is 0 Å². The van der Waals surface area contributed by atoms with E-state index in [9.17, 15) is 22.4 Å². The van der Waals surface area contributed by atoms with Crippen molar-refractivity contribution in [2.45, 2.75) is 37.5 Å². The molecule has 0 saturated carbocycles. The van der Waals surface area contributed by atoms with E-state index in [2.05, 4.69) is 4.79 Å². The van der Waals surface area contributed by atoms with E-state index in [1.807, 2.05) is 0 Å². The van der Waals surface area contributed by atoms with Crippen LogP contribution in [0.25, 0.3) is 5.53 Å². The van der Waals surface area contributed by atoms with Gasteiger partial charge in [0.05, 0.1) is 9.79 Å². The van der Waals surface area contributed by atoms with Gasteiger partial charge in [0.15, 0.2) is 0 Å². The van der Waals surface area contributed by atoms with Crippen LogP contribution in [-0.2, 0) is 19.7 Å². The molecule has 0 atom stereocenters. The van der Waals surface area contributed by atoms with Crippen LogP contribution in [0, 0.1) is 27.7 Å². The molecule has 0 N–H and O–H groups in total. The van der Waals surface area contributed by atoms with E-state index < -0.39 is 24.1 Å². The molecule has 0 saturated heterocycles. The molecular formula is C17H18N2O4S2. The average Bonchev–Trinajstić information content (AvgIpc) is 2.51. The quantitative estimate of drug-likeness (QED) is 0.347. The van der Waals surface area contributed by atoms with Gasteiger partial charge in [-0.05, 0) is 62.1 Å². The highest BCUT2D eigenvalue weighted by Crippen LogP contribution is 2.26. The van der Waals surface area contributed by atoms with Gasteiger partial charge in [0, 0.05) is 0 Å². The number of aryl methyl sites for hydroxylation is 4. The Morgan fingerprint density at radius 3 is 1.44 bits per heavy atom. The Morgan fingerprint density at radius 1 is 0.760 bits per heavy atom. The van der Waals surface area contributed by atoms with Crippen molar-refractivity contribution in [3.63, 3.8) is 0 Å². The molecule has 0 aliphatic carbocycles. The van der Waals surface area contributed by atoms with Gasteiger partial charge in [0.2, 0.25) is 0 Å². The molecular weight excluding hydrogens is 360 g/mol. The van der Waals surface area contributed by atoms with Crippen LogP contribution in [0.3, 0.4) is 0 Å². The van der Waals surface area contributed by atoms with Gasteiger partial charge >= 0.3 is 4.38 Å². The first-order valence-corrected chi connectivity index (χ1v) is 10.3. The Kier molecular flexibility index (Phi) is 4.99. The Balaban J connectivity index is 2.77. The lowest BCUT2D eigenvalue weighted by molar-refractivity contribution is 0.00379. The molecule has 25 heavy (non-hydrogen) atoms. The lowest BCUT2D eigenvalue weighted by Gasteiger charge is -2.08. The van der Waals surface area contributed by atoms with E-state index in [1.165, 1.54) is 12.1 Å². The molecule has 2 rings (SSSR count). The van der Waals surface area contributed by atoms with E-state index >= 15 is 0 Å². The molecule has 0 radical (unpaired) electrons. The number of sulfone groups is 2. The molecule has 0 bridgehead atoms. The number of hydrogen-bond acceptors (Lipinski definition) is 4. The second-order valence-corrected chi connectivity index (χ2v) is 9.84. The van der Waals surface area contributed by atoms with Crippen molar-refractivity contribution < 1.29 is 21.6 Å². The molecule has 2 aromatic carbocycles. The maximum absolute atomic E-state index is 12.9. The number of nitrogens with zero attached hydrogens (tertiary/aromatic N) is 2. The lowest BCUT2D eigenvalue weighted by atomic mass is 10.2. The van der Waals surface area contributed by atoms with E-state index in [-0.39, 0.29) is 9.79 Å². The van der Waals surface area contributed by atoms with Crippen LogP contribution in [-0.4, -0.2) is 26.0 Å². The largest absolute Gasteiger partial charge is 0.504 e. The Labute approximate surface area is 147 Å². The summed E-state index contributed by atoms with van der Waals surface area (Å²) in [5.41, 5.74) is 11.3. The zero-order chi connectivity index (χ0) is 19.0. The summed E-state index contributed by atoms with van der Waals surface area (Å²) in [4.78, 5) is 2.27. The van der Waals surface area contributed by atoms with Gasteiger partial charge in [0.25, 0.3) is 19.7 Å². The first kappa shape index (κ1) is 19.1. The van der Waals surface area contributed by atoms with Crippen molar-refractivity contribution in [1.82, 2.24) is 0 Å². The summed E-state index contributed by atoms with van der Waals surface area (Å²) in [6, 6.07) is 9.28. The molecule has 0 amide bonds. The first-order chi connectivity index (χ1) is 11.5. The highest BCUT2D eigenvalue weighted by Gasteiger charge is 2.45.